The number of alkyl halides is 3. The van der Waals surface area contributed by atoms with Gasteiger partial charge < -0.3 is 25.0 Å². The lowest BCUT2D eigenvalue weighted by Crippen LogP contribution is -2.63. The van der Waals surface area contributed by atoms with Crippen molar-refractivity contribution in [1.82, 2.24) is 14.9 Å². The predicted molar refractivity (Wildman–Crippen MR) is 163 cm³/mol. The molecular formula is C32H40BF3N4O6. The Morgan fingerprint density at radius 3 is 2.61 bits per heavy atom. The van der Waals surface area contributed by atoms with Crippen molar-refractivity contribution in [3.63, 3.8) is 0 Å². The van der Waals surface area contributed by atoms with Gasteiger partial charge in [-0.05, 0) is 67.6 Å². The third-order valence-corrected chi connectivity index (χ3v) is 11.0. The number of nitrogens with one attached hydrogen (secondary N) is 2. The van der Waals surface area contributed by atoms with Gasteiger partial charge in [-0.2, -0.15) is 13.2 Å². The second kappa shape index (κ2) is 11.1. The van der Waals surface area contributed by atoms with Crippen LogP contribution < -0.4 is 16.2 Å². The molecule has 1 aromatic carbocycles. The fraction of sp³-hybridized carbons (Fsp3) is 0.625. The van der Waals surface area contributed by atoms with E-state index in [4.69, 9.17) is 9.31 Å². The van der Waals surface area contributed by atoms with Gasteiger partial charge in [0.25, 0.3) is 5.56 Å². The smallest absolute Gasteiger partial charge is 0.481 e. The number of carbonyl (C=O) groups excluding carboxylic acids is 1. The molecule has 5 unspecified atom stereocenters. The first-order valence-electron chi connectivity index (χ1n) is 15.8. The minimum absolute atomic E-state index is 0.0194. The first kappa shape index (κ1) is 32.6. The zero-order chi connectivity index (χ0) is 33.4. The first-order valence-corrected chi connectivity index (χ1v) is 15.8. The molecule has 14 heteroatoms. The number of fused-ring (bicyclic) bond motifs is 1. The molecule has 0 radical (unpaired) electrons. The first-order chi connectivity index (χ1) is 21.5. The van der Waals surface area contributed by atoms with E-state index in [1.54, 1.807) is 6.92 Å². The molecule has 3 N–H and O–H groups in total. The molecule has 0 spiro atoms. The number of aromatic nitrogens is 2. The third-order valence-electron chi connectivity index (χ3n) is 11.0. The van der Waals surface area contributed by atoms with E-state index in [9.17, 15) is 32.7 Å². The number of hydrogen-bond donors (Lipinski definition) is 3. The normalized spacial score (nSPS) is 31.4. The maximum atomic E-state index is 14.0. The van der Waals surface area contributed by atoms with E-state index >= 15 is 0 Å². The topological polar surface area (TPSA) is 132 Å². The SMILES string of the molecule is CCC(NC(=O)[C@@H]1C[C@@](C)(CC(=O)O)c2ncc(NCc3cccc(C(F)(F)F)c3)c(=O)n21)B1OC2C3CC(CC2(C)O1)C3(C)C. The number of anilines is 1. The number of halogens is 3. The van der Waals surface area contributed by atoms with Crippen LogP contribution in [-0.2, 0) is 37.0 Å². The summed E-state index contributed by atoms with van der Waals surface area (Å²) in [4.78, 5) is 44.1. The summed E-state index contributed by atoms with van der Waals surface area (Å²) in [7, 11) is -0.680. The molecule has 5 aliphatic rings. The van der Waals surface area contributed by atoms with E-state index in [-0.39, 0.29) is 42.4 Å². The number of carbonyl (C=O) groups is 2. The average Bonchev–Trinajstić information content (AvgIpc) is 3.49. The fourth-order valence-electron chi connectivity index (χ4n) is 8.24. The monoisotopic (exact) mass is 644 g/mol. The summed E-state index contributed by atoms with van der Waals surface area (Å²) >= 11 is 0. The summed E-state index contributed by atoms with van der Waals surface area (Å²) in [5, 5.41) is 15.6. The molecule has 10 nitrogen and oxygen atoms in total. The maximum absolute atomic E-state index is 14.0. The van der Waals surface area contributed by atoms with Crippen molar-refractivity contribution >= 4 is 24.7 Å². The van der Waals surface area contributed by atoms with Crippen molar-refractivity contribution in [2.24, 2.45) is 17.3 Å². The van der Waals surface area contributed by atoms with E-state index in [0.717, 1.165) is 25.0 Å². The van der Waals surface area contributed by atoms with Crippen LogP contribution in [0.3, 0.4) is 0 Å². The summed E-state index contributed by atoms with van der Waals surface area (Å²) < 4.78 is 53.8. The van der Waals surface area contributed by atoms with Gasteiger partial charge in [0.05, 0.1) is 35.8 Å². The minimum Gasteiger partial charge on any atom is -0.481 e. The van der Waals surface area contributed by atoms with Crippen molar-refractivity contribution in [2.75, 3.05) is 5.32 Å². The Morgan fingerprint density at radius 2 is 1.96 bits per heavy atom. The number of carboxylic acid groups (broad SMARTS) is 1. The van der Waals surface area contributed by atoms with E-state index < -0.39 is 59.3 Å². The van der Waals surface area contributed by atoms with Gasteiger partial charge in [-0.25, -0.2) is 4.98 Å². The Hall–Kier alpha value is -3.39. The average molecular weight is 644 g/mol. The number of nitrogens with zero attached hydrogens (tertiary/aromatic N) is 2. The van der Waals surface area contributed by atoms with Crippen LogP contribution >= 0.6 is 0 Å². The summed E-state index contributed by atoms with van der Waals surface area (Å²) in [5.41, 5.74) is -2.57. The summed E-state index contributed by atoms with van der Waals surface area (Å²) in [5.74, 6) is -1.04. The van der Waals surface area contributed by atoms with Crippen LogP contribution in [0.1, 0.15) is 89.7 Å². The van der Waals surface area contributed by atoms with E-state index in [0.29, 0.717) is 23.8 Å². The van der Waals surface area contributed by atoms with E-state index in [1.165, 1.54) is 22.9 Å². The molecule has 1 saturated heterocycles. The molecular weight excluding hydrogens is 604 g/mol. The summed E-state index contributed by atoms with van der Waals surface area (Å²) in [6.45, 7) is 10.1. The van der Waals surface area contributed by atoms with Gasteiger partial charge in [-0.3, -0.25) is 19.0 Å². The van der Waals surface area contributed by atoms with E-state index in [1.807, 2.05) is 6.92 Å². The molecule has 3 saturated carbocycles. The molecule has 248 valence electrons. The number of carboxylic acids is 1. The van der Waals surface area contributed by atoms with Crippen molar-refractivity contribution in [1.29, 1.82) is 0 Å². The highest BCUT2D eigenvalue weighted by Crippen LogP contribution is 2.64. The quantitative estimate of drug-likeness (QED) is 0.335. The van der Waals surface area contributed by atoms with Gasteiger partial charge in [0.2, 0.25) is 5.91 Å². The second-order valence-electron chi connectivity index (χ2n) is 14.5. The van der Waals surface area contributed by atoms with Gasteiger partial charge >= 0.3 is 19.3 Å². The molecule has 7 rings (SSSR count). The van der Waals surface area contributed by atoms with Gasteiger partial charge in [0.1, 0.15) is 17.6 Å². The molecule has 2 bridgehead atoms. The lowest BCUT2D eigenvalue weighted by molar-refractivity contribution is -0.185. The van der Waals surface area contributed by atoms with Gasteiger partial charge in [0.15, 0.2) is 0 Å². The fourth-order valence-corrected chi connectivity index (χ4v) is 8.24. The zero-order valence-corrected chi connectivity index (χ0v) is 26.6. The highest BCUT2D eigenvalue weighted by atomic mass is 19.4. The zero-order valence-electron chi connectivity index (χ0n) is 26.6. The third kappa shape index (κ3) is 5.40. The number of rotatable bonds is 9. The number of amides is 1. The maximum Gasteiger partial charge on any atom is 0.481 e. The van der Waals surface area contributed by atoms with E-state index in [2.05, 4.69) is 36.4 Å². The Kier molecular flexibility index (Phi) is 7.86. The van der Waals surface area contributed by atoms with Crippen molar-refractivity contribution in [3.8, 4) is 0 Å². The molecule has 46 heavy (non-hydrogen) atoms. The largest absolute Gasteiger partial charge is 0.481 e. The number of benzene rings is 1. The van der Waals surface area contributed by atoms with Crippen molar-refractivity contribution in [2.45, 2.75) is 109 Å². The van der Waals surface area contributed by atoms with Crippen molar-refractivity contribution < 1.29 is 37.2 Å². The Morgan fingerprint density at radius 1 is 1.22 bits per heavy atom. The molecule has 7 atom stereocenters. The van der Waals surface area contributed by atoms with Crippen LogP contribution in [0, 0.1) is 17.3 Å². The van der Waals surface area contributed by atoms with Gasteiger partial charge in [-0.15, -0.1) is 0 Å². The highest BCUT2D eigenvalue weighted by Gasteiger charge is 2.67. The Balaban J connectivity index is 1.24. The Bertz CT molecular complexity index is 1620. The Labute approximate surface area is 265 Å². The van der Waals surface area contributed by atoms with Crippen LogP contribution in [0.2, 0.25) is 0 Å². The number of hydrogen-bond acceptors (Lipinski definition) is 7. The van der Waals surface area contributed by atoms with Crippen LogP contribution in [0.25, 0.3) is 0 Å². The summed E-state index contributed by atoms with van der Waals surface area (Å²) in [6.07, 6.45) is -1.24. The standard InChI is InChI=1S/C32H40BF3N4O6/c1-6-23(33-45-25-20-11-19(29(20,2)3)12-31(25,5)46-33)39-26(43)22-13-30(4,14-24(41)42)28-38-16-21(27(44)40(22)28)37-15-17-8-7-9-18(10-17)32(34,35)36/h7-10,16,19-20,22-23,25,37H,6,11-15H2,1-5H3,(H,39,43)(H,41,42)/t19?,20?,22-,23?,25?,30-,31?/m0/s1. The highest BCUT2D eigenvalue weighted by molar-refractivity contribution is 6.47. The van der Waals surface area contributed by atoms with Gasteiger partial charge in [-0.1, -0.05) is 39.8 Å². The van der Waals surface area contributed by atoms with Crippen molar-refractivity contribution in [3.05, 3.63) is 57.8 Å². The van der Waals surface area contributed by atoms with Crippen LogP contribution in [0.15, 0.2) is 35.3 Å². The molecule has 3 aliphatic carbocycles. The molecule has 4 fully saturated rings. The minimum atomic E-state index is -4.52. The lowest BCUT2D eigenvalue weighted by atomic mass is 9.45. The molecule has 2 aromatic rings. The van der Waals surface area contributed by atoms with Crippen LogP contribution in [0.4, 0.5) is 18.9 Å². The van der Waals surface area contributed by atoms with Crippen LogP contribution in [0.5, 0.6) is 0 Å². The number of aliphatic carboxylic acids is 1. The molecule has 3 heterocycles. The lowest BCUT2D eigenvalue weighted by Gasteiger charge is -2.63. The summed E-state index contributed by atoms with van der Waals surface area (Å²) in [6, 6.07) is 3.66. The van der Waals surface area contributed by atoms with Gasteiger partial charge in [0, 0.05) is 12.0 Å². The molecule has 1 amide bonds. The van der Waals surface area contributed by atoms with Crippen LogP contribution in [-0.4, -0.2) is 51.3 Å². The molecule has 2 aliphatic heterocycles. The predicted octanol–water partition coefficient (Wildman–Crippen LogP) is 4.71. The second-order valence-corrected chi connectivity index (χ2v) is 14.5. The molecule has 1 aromatic heterocycles.